The van der Waals surface area contributed by atoms with E-state index in [1.165, 1.54) is 0 Å². The van der Waals surface area contributed by atoms with E-state index in [0.29, 0.717) is 18.4 Å². The van der Waals surface area contributed by atoms with Crippen molar-refractivity contribution in [2.45, 2.75) is 38.4 Å². The molecule has 0 heterocycles. The Morgan fingerprint density at radius 3 is 2.25 bits per heavy atom. The second-order valence-corrected chi connectivity index (χ2v) is 7.41. The molecule has 2 aromatic carbocycles. The lowest BCUT2D eigenvalue weighted by Gasteiger charge is -2.21. The Hall–Kier alpha value is -3.72. The monoisotopic (exact) mass is 439 g/mol. The van der Waals surface area contributed by atoms with Gasteiger partial charge in [-0.1, -0.05) is 54.6 Å². The van der Waals surface area contributed by atoms with Crippen LogP contribution in [0.1, 0.15) is 30.0 Å². The van der Waals surface area contributed by atoms with Crippen molar-refractivity contribution in [3.05, 3.63) is 71.3 Å². The molecule has 9 nitrogen and oxygen atoms in total. The number of carboxylic acids is 1. The number of rotatable bonds is 12. The molecular weight excluding hydrogens is 410 g/mol. The molecule has 2 atom stereocenters. The zero-order valence-electron chi connectivity index (χ0n) is 17.9. The highest BCUT2D eigenvalue weighted by Crippen LogP contribution is 2.06. The Balaban J connectivity index is 1.89. The molecule has 0 fully saturated rings. The maximum absolute atomic E-state index is 12.7. The van der Waals surface area contributed by atoms with Gasteiger partial charge in [-0.3, -0.25) is 25.1 Å². The van der Waals surface area contributed by atoms with Gasteiger partial charge >= 0.3 is 5.97 Å². The summed E-state index contributed by atoms with van der Waals surface area (Å²) in [6.07, 6.45) is 0.975. The highest BCUT2D eigenvalue weighted by molar-refractivity contribution is 5.95. The van der Waals surface area contributed by atoms with Crippen LogP contribution in [-0.2, 0) is 27.3 Å². The van der Waals surface area contributed by atoms with Gasteiger partial charge in [0.15, 0.2) is 0 Å². The lowest BCUT2D eigenvalue weighted by atomic mass is 10.0. The molecule has 2 aromatic rings. The van der Waals surface area contributed by atoms with Gasteiger partial charge in [-0.25, -0.2) is 0 Å². The Morgan fingerprint density at radius 2 is 1.66 bits per heavy atom. The second kappa shape index (κ2) is 12.2. The smallest absolute Gasteiger partial charge is 0.317 e. The highest BCUT2D eigenvalue weighted by Gasteiger charge is 2.23. The molecule has 0 spiro atoms. The number of aliphatic carboxylic acids is 1. The predicted molar refractivity (Wildman–Crippen MR) is 121 cm³/mol. The second-order valence-electron chi connectivity index (χ2n) is 7.41. The molecule has 0 saturated heterocycles. The van der Waals surface area contributed by atoms with Crippen LogP contribution in [0.2, 0.25) is 0 Å². The van der Waals surface area contributed by atoms with E-state index in [1.807, 2.05) is 30.3 Å². The van der Waals surface area contributed by atoms with Gasteiger partial charge in [0, 0.05) is 12.1 Å². The zero-order valence-corrected chi connectivity index (χ0v) is 17.9. The molecular formula is C23H29N5O4. The van der Waals surface area contributed by atoms with Crippen molar-refractivity contribution in [3.63, 3.8) is 0 Å². The minimum absolute atomic E-state index is 0.0322. The van der Waals surface area contributed by atoms with Crippen LogP contribution in [0.4, 0.5) is 0 Å². The molecule has 0 aliphatic heterocycles. The number of amides is 2. The molecule has 0 bridgehead atoms. The Morgan fingerprint density at radius 1 is 1.00 bits per heavy atom. The number of carbonyl (C=O) groups excluding carboxylic acids is 2. The van der Waals surface area contributed by atoms with Crippen LogP contribution in [0.15, 0.2) is 54.6 Å². The number of carboxylic acid groups (broad SMARTS) is 1. The summed E-state index contributed by atoms with van der Waals surface area (Å²) >= 11 is 0. The average Bonchev–Trinajstić information content (AvgIpc) is 2.78. The molecule has 0 aliphatic rings. The van der Waals surface area contributed by atoms with Crippen LogP contribution < -0.4 is 21.7 Å². The number of benzene rings is 2. The summed E-state index contributed by atoms with van der Waals surface area (Å²) in [5.74, 6) is -1.90. The first-order chi connectivity index (χ1) is 15.3. The summed E-state index contributed by atoms with van der Waals surface area (Å²) in [7, 11) is 0. The van der Waals surface area contributed by atoms with Crippen molar-refractivity contribution >= 4 is 23.6 Å². The van der Waals surface area contributed by atoms with Crippen LogP contribution >= 0.6 is 0 Å². The standard InChI is InChI=1S/C23H29N5O4/c1-15(22(31)27-13-17-7-10-18(11-8-17)21(24)25)28-23(32)19(26-14-20(29)30)12-9-16-5-3-2-4-6-16/h2-8,10-11,15,19,26H,9,12-14H2,1H3,(H3,24,25)(H,27,31)(H,28,32)(H,29,30)/t15-,19+/m0/s1. The number of nitrogens with one attached hydrogen (secondary N) is 4. The van der Waals surface area contributed by atoms with Gasteiger partial charge in [0.2, 0.25) is 11.8 Å². The summed E-state index contributed by atoms with van der Waals surface area (Å²) in [4.78, 5) is 36.0. The van der Waals surface area contributed by atoms with Crippen molar-refractivity contribution in [1.82, 2.24) is 16.0 Å². The average molecular weight is 440 g/mol. The van der Waals surface area contributed by atoms with Crippen LogP contribution in [0.25, 0.3) is 0 Å². The van der Waals surface area contributed by atoms with Gasteiger partial charge in [-0.2, -0.15) is 0 Å². The summed E-state index contributed by atoms with van der Waals surface area (Å²) in [5, 5.41) is 24.5. The summed E-state index contributed by atoms with van der Waals surface area (Å²) in [6.45, 7) is 1.47. The maximum Gasteiger partial charge on any atom is 0.317 e. The number of amidine groups is 1. The zero-order chi connectivity index (χ0) is 23.5. The third-order valence-electron chi connectivity index (χ3n) is 4.86. The van der Waals surface area contributed by atoms with Crippen LogP contribution in [-0.4, -0.2) is 47.4 Å². The minimum atomic E-state index is -1.07. The van der Waals surface area contributed by atoms with Crippen LogP contribution in [0.3, 0.4) is 0 Å². The van der Waals surface area contributed by atoms with Crippen molar-refractivity contribution in [1.29, 1.82) is 5.41 Å². The topological polar surface area (TPSA) is 157 Å². The highest BCUT2D eigenvalue weighted by atomic mass is 16.4. The van der Waals surface area contributed by atoms with Crippen LogP contribution in [0, 0.1) is 5.41 Å². The summed E-state index contributed by atoms with van der Waals surface area (Å²) in [6, 6.07) is 14.9. The van der Waals surface area contributed by atoms with E-state index in [2.05, 4.69) is 16.0 Å². The molecule has 0 saturated carbocycles. The lowest BCUT2D eigenvalue weighted by Crippen LogP contribution is -2.52. The summed E-state index contributed by atoms with van der Waals surface area (Å²) < 4.78 is 0. The minimum Gasteiger partial charge on any atom is -0.480 e. The van der Waals surface area contributed by atoms with E-state index in [-0.39, 0.29) is 24.8 Å². The molecule has 0 aromatic heterocycles. The molecule has 9 heteroatoms. The third kappa shape index (κ3) is 8.19. The van der Waals surface area contributed by atoms with Gasteiger partial charge < -0.3 is 21.5 Å². The number of nitrogen functional groups attached to an aromatic ring is 1. The van der Waals surface area contributed by atoms with E-state index < -0.39 is 24.0 Å². The molecule has 0 aliphatic carbocycles. The fraction of sp³-hybridized carbons (Fsp3) is 0.304. The SMILES string of the molecule is C[C@H](NC(=O)[C@@H](CCc1ccccc1)NCC(=O)O)C(=O)NCc1ccc(C(=N)N)cc1. The molecule has 0 unspecified atom stereocenters. The number of carbonyl (C=O) groups is 3. The first kappa shape index (κ1) is 24.5. The number of hydrogen-bond acceptors (Lipinski definition) is 5. The van der Waals surface area contributed by atoms with E-state index >= 15 is 0 Å². The molecule has 170 valence electrons. The predicted octanol–water partition coefficient (Wildman–Crippen LogP) is 0.767. The lowest BCUT2D eigenvalue weighted by molar-refractivity contribution is -0.136. The van der Waals surface area contributed by atoms with Crippen molar-refractivity contribution in [2.24, 2.45) is 5.73 Å². The van der Waals surface area contributed by atoms with E-state index in [1.54, 1.807) is 31.2 Å². The maximum atomic E-state index is 12.7. The van der Waals surface area contributed by atoms with Gasteiger partial charge in [-0.15, -0.1) is 0 Å². The van der Waals surface area contributed by atoms with Crippen molar-refractivity contribution in [3.8, 4) is 0 Å². The van der Waals surface area contributed by atoms with Gasteiger partial charge in [0.1, 0.15) is 11.9 Å². The molecule has 0 radical (unpaired) electrons. The van der Waals surface area contributed by atoms with E-state index in [4.69, 9.17) is 16.2 Å². The molecule has 32 heavy (non-hydrogen) atoms. The van der Waals surface area contributed by atoms with Crippen molar-refractivity contribution in [2.75, 3.05) is 6.54 Å². The normalized spacial score (nSPS) is 12.4. The van der Waals surface area contributed by atoms with E-state index in [0.717, 1.165) is 11.1 Å². The summed E-state index contributed by atoms with van der Waals surface area (Å²) in [5.41, 5.74) is 7.87. The van der Waals surface area contributed by atoms with Gasteiger partial charge in [-0.05, 0) is 30.9 Å². The molecule has 7 N–H and O–H groups in total. The first-order valence-corrected chi connectivity index (χ1v) is 10.3. The van der Waals surface area contributed by atoms with E-state index in [9.17, 15) is 14.4 Å². The molecule has 2 rings (SSSR count). The largest absolute Gasteiger partial charge is 0.480 e. The third-order valence-corrected chi connectivity index (χ3v) is 4.86. The quantitative estimate of drug-likeness (QED) is 0.212. The Labute approximate surface area is 186 Å². The first-order valence-electron chi connectivity index (χ1n) is 10.3. The Bertz CT molecular complexity index is 931. The fourth-order valence-corrected chi connectivity index (χ4v) is 3.02. The van der Waals surface area contributed by atoms with Gasteiger partial charge in [0.25, 0.3) is 0 Å². The number of aryl methyl sites for hydroxylation is 1. The number of nitrogens with two attached hydrogens (primary N) is 1. The van der Waals surface area contributed by atoms with Gasteiger partial charge in [0.05, 0.1) is 12.6 Å². The fourth-order valence-electron chi connectivity index (χ4n) is 3.02. The Kier molecular flexibility index (Phi) is 9.37. The number of hydrogen-bond donors (Lipinski definition) is 6. The van der Waals surface area contributed by atoms with Crippen LogP contribution in [0.5, 0.6) is 0 Å². The van der Waals surface area contributed by atoms with Crippen molar-refractivity contribution < 1.29 is 19.5 Å². The molecule has 2 amide bonds.